The fourth-order valence-corrected chi connectivity index (χ4v) is 1.24. The number of hydrogen-bond acceptors (Lipinski definition) is 1. The van der Waals surface area contributed by atoms with E-state index in [-0.39, 0.29) is 6.61 Å². The van der Waals surface area contributed by atoms with Gasteiger partial charge in [-0.1, -0.05) is 41.1 Å². The van der Waals surface area contributed by atoms with E-state index in [1.54, 1.807) is 18.2 Å². The molecule has 1 nitrogen and oxygen atoms in total. The van der Waals surface area contributed by atoms with Gasteiger partial charge < -0.3 is 5.11 Å². The van der Waals surface area contributed by atoms with Crippen LogP contribution in [0.3, 0.4) is 0 Å². The van der Waals surface area contributed by atoms with E-state index in [0.717, 1.165) is 0 Å². The fourth-order valence-electron chi connectivity index (χ4n) is 0.745. The van der Waals surface area contributed by atoms with E-state index in [0.29, 0.717) is 15.6 Å². The minimum atomic E-state index is -0.193. The molecule has 0 amide bonds. The molecule has 1 N–H and O–H groups in total. The Morgan fingerprint density at radius 2 is 1.83 bits per heavy atom. The maximum atomic E-state index is 8.45. The molecule has 12 heavy (non-hydrogen) atoms. The summed E-state index contributed by atoms with van der Waals surface area (Å²) in [6.07, 6.45) is 0. The van der Waals surface area contributed by atoms with Gasteiger partial charge >= 0.3 is 0 Å². The molecule has 0 saturated heterocycles. The second-order valence-electron chi connectivity index (χ2n) is 2.06. The third-order valence-corrected chi connectivity index (χ3v) is 1.89. The van der Waals surface area contributed by atoms with E-state index >= 15 is 0 Å². The summed E-state index contributed by atoms with van der Waals surface area (Å²) in [6.45, 7) is -0.193. The van der Waals surface area contributed by atoms with Gasteiger partial charge in [-0.15, -0.1) is 0 Å². The van der Waals surface area contributed by atoms with Crippen molar-refractivity contribution >= 4 is 23.2 Å². The first-order chi connectivity index (χ1) is 5.75. The number of aliphatic hydroxyl groups excluding tert-OH is 1. The summed E-state index contributed by atoms with van der Waals surface area (Å²) in [5, 5.41) is 9.46. The van der Waals surface area contributed by atoms with Gasteiger partial charge in [0.25, 0.3) is 0 Å². The lowest BCUT2D eigenvalue weighted by atomic mass is 10.2. The molecule has 62 valence electrons. The minimum Gasteiger partial charge on any atom is -0.384 e. The second-order valence-corrected chi connectivity index (χ2v) is 2.87. The van der Waals surface area contributed by atoms with Crippen molar-refractivity contribution in [2.24, 2.45) is 0 Å². The zero-order valence-corrected chi connectivity index (χ0v) is 7.65. The lowest BCUT2D eigenvalue weighted by Crippen LogP contribution is -1.80. The molecule has 0 aliphatic rings. The highest BCUT2D eigenvalue weighted by Gasteiger charge is 2.00. The number of rotatable bonds is 0. The van der Waals surface area contributed by atoms with Crippen LogP contribution >= 0.6 is 23.2 Å². The van der Waals surface area contributed by atoms with Crippen LogP contribution in [0.1, 0.15) is 5.56 Å². The molecule has 0 atom stereocenters. The van der Waals surface area contributed by atoms with Crippen LogP contribution in [-0.2, 0) is 0 Å². The highest BCUT2D eigenvalue weighted by molar-refractivity contribution is 6.36. The molecule has 0 radical (unpaired) electrons. The molecule has 1 aromatic carbocycles. The van der Waals surface area contributed by atoms with Crippen LogP contribution in [-0.4, -0.2) is 11.7 Å². The van der Waals surface area contributed by atoms with Crippen molar-refractivity contribution in [2.75, 3.05) is 6.61 Å². The van der Waals surface area contributed by atoms with Crippen molar-refractivity contribution in [3.8, 4) is 11.8 Å². The molecule has 0 fully saturated rings. The van der Waals surface area contributed by atoms with E-state index in [1.165, 1.54) is 0 Å². The van der Waals surface area contributed by atoms with Gasteiger partial charge in [0.1, 0.15) is 6.61 Å². The first-order valence-electron chi connectivity index (χ1n) is 3.29. The molecule has 0 heterocycles. The summed E-state index contributed by atoms with van der Waals surface area (Å²) in [6, 6.07) is 5.15. The lowest BCUT2D eigenvalue weighted by molar-refractivity contribution is 0.350. The Hall–Kier alpha value is -0.680. The fraction of sp³-hybridized carbons (Fsp3) is 0.111. The Labute approximate surface area is 80.9 Å². The minimum absolute atomic E-state index is 0.193. The first kappa shape index (κ1) is 9.41. The van der Waals surface area contributed by atoms with Crippen LogP contribution in [0.4, 0.5) is 0 Å². The molecule has 0 unspecified atom stereocenters. The Morgan fingerprint density at radius 1 is 1.25 bits per heavy atom. The standard InChI is InChI=1S/C9H6Cl2O/c10-8-4-1-5-9(11)7(8)3-2-6-12/h1,4-5,12H,6H2. The third kappa shape index (κ3) is 2.15. The normalized spacial score (nSPS) is 8.92. The highest BCUT2D eigenvalue weighted by atomic mass is 35.5. The van der Waals surface area contributed by atoms with Crippen LogP contribution in [0, 0.1) is 11.8 Å². The van der Waals surface area contributed by atoms with Gasteiger partial charge in [0.05, 0.1) is 15.6 Å². The van der Waals surface area contributed by atoms with Gasteiger partial charge in [0.2, 0.25) is 0 Å². The van der Waals surface area contributed by atoms with E-state index in [9.17, 15) is 0 Å². The Kier molecular flexibility index (Phi) is 3.43. The summed E-state index contributed by atoms with van der Waals surface area (Å²) in [5.41, 5.74) is 0.565. The smallest absolute Gasteiger partial charge is 0.104 e. The summed E-state index contributed by atoms with van der Waals surface area (Å²) in [4.78, 5) is 0. The van der Waals surface area contributed by atoms with Crippen LogP contribution in [0.2, 0.25) is 10.0 Å². The maximum Gasteiger partial charge on any atom is 0.104 e. The highest BCUT2D eigenvalue weighted by Crippen LogP contribution is 2.22. The summed E-state index contributed by atoms with van der Waals surface area (Å²) < 4.78 is 0. The van der Waals surface area contributed by atoms with Crippen molar-refractivity contribution in [1.82, 2.24) is 0 Å². The van der Waals surface area contributed by atoms with Crippen LogP contribution in [0.25, 0.3) is 0 Å². The summed E-state index contributed by atoms with van der Waals surface area (Å²) in [7, 11) is 0. The second kappa shape index (κ2) is 4.37. The van der Waals surface area contributed by atoms with Crippen molar-refractivity contribution in [3.05, 3.63) is 33.8 Å². The average molecular weight is 201 g/mol. The van der Waals surface area contributed by atoms with E-state index in [4.69, 9.17) is 28.3 Å². The molecule has 0 bridgehead atoms. The first-order valence-corrected chi connectivity index (χ1v) is 4.05. The van der Waals surface area contributed by atoms with E-state index in [1.807, 2.05) is 0 Å². The molecule has 0 aliphatic carbocycles. The number of benzene rings is 1. The van der Waals surface area contributed by atoms with Gasteiger partial charge in [-0.3, -0.25) is 0 Å². The van der Waals surface area contributed by atoms with Crippen molar-refractivity contribution < 1.29 is 5.11 Å². The van der Waals surface area contributed by atoms with E-state index < -0.39 is 0 Å². The Morgan fingerprint density at radius 3 is 2.33 bits per heavy atom. The molecular weight excluding hydrogens is 195 g/mol. The zero-order valence-electron chi connectivity index (χ0n) is 6.14. The predicted molar refractivity (Wildman–Crippen MR) is 50.4 cm³/mol. The zero-order chi connectivity index (χ0) is 8.97. The lowest BCUT2D eigenvalue weighted by Gasteiger charge is -1.96. The average Bonchev–Trinajstić information content (AvgIpc) is 2.04. The Bertz CT molecular complexity index is 316. The van der Waals surface area contributed by atoms with Crippen LogP contribution in [0.5, 0.6) is 0 Å². The Balaban J connectivity index is 3.13. The molecule has 1 rings (SSSR count). The van der Waals surface area contributed by atoms with Gasteiger partial charge in [0, 0.05) is 0 Å². The van der Waals surface area contributed by atoms with Crippen LogP contribution in [0.15, 0.2) is 18.2 Å². The number of halogens is 2. The molecule has 0 aliphatic heterocycles. The molecule has 0 aromatic heterocycles. The largest absolute Gasteiger partial charge is 0.384 e. The van der Waals surface area contributed by atoms with Crippen molar-refractivity contribution in [2.45, 2.75) is 0 Å². The van der Waals surface area contributed by atoms with Crippen molar-refractivity contribution in [1.29, 1.82) is 0 Å². The number of aliphatic hydroxyl groups is 1. The molecule has 0 spiro atoms. The quantitative estimate of drug-likeness (QED) is 0.638. The SMILES string of the molecule is OCC#Cc1c(Cl)cccc1Cl. The third-order valence-electron chi connectivity index (χ3n) is 1.26. The van der Waals surface area contributed by atoms with Gasteiger partial charge in [0.15, 0.2) is 0 Å². The molecule has 3 heteroatoms. The topological polar surface area (TPSA) is 20.2 Å². The predicted octanol–water partition coefficient (Wildman–Crippen LogP) is 2.34. The van der Waals surface area contributed by atoms with Crippen molar-refractivity contribution in [3.63, 3.8) is 0 Å². The van der Waals surface area contributed by atoms with Gasteiger partial charge in [-0.2, -0.15) is 0 Å². The molecule has 0 saturated carbocycles. The van der Waals surface area contributed by atoms with Gasteiger partial charge in [-0.25, -0.2) is 0 Å². The van der Waals surface area contributed by atoms with E-state index in [2.05, 4.69) is 11.8 Å². The summed E-state index contributed by atoms with van der Waals surface area (Å²) >= 11 is 11.6. The molecular formula is C9H6Cl2O. The number of hydrogen-bond donors (Lipinski definition) is 1. The van der Waals surface area contributed by atoms with Crippen LogP contribution < -0.4 is 0 Å². The van der Waals surface area contributed by atoms with Gasteiger partial charge in [-0.05, 0) is 12.1 Å². The monoisotopic (exact) mass is 200 g/mol. The summed E-state index contributed by atoms with van der Waals surface area (Å²) in [5.74, 6) is 5.15. The molecule has 1 aromatic rings. The maximum absolute atomic E-state index is 8.45.